The topological polar surface area (TPSA) is 83.7 Å². The minimum absolute atomic E-state index is 0.345. The maximum Gasteiger partial charge on any atom is 0.182 e. The zero-order chi connectivity index (χ0) is 12.1. The van der Waals surface area contributed by atoms with Gasteiger partial charge in [0.1, 0.15) is 11.8 Å². The van der Waals surface area contributed by atoms with Gasteiger partial charge in [-0.1, -0.05) is 0 Å². The molecule has 0 saturated carbocycles. The van der Waals surface area contributed by atoms with Crippen molar-refractivity contribution in [1.82, 2.24) is 19.9 Å². The third kappa shape index (κ3) is 1.35. The van der Waals surface area contributed by atoms with Gasteiger partial charge in [-0.05, 0) is 25.7 Å². The maximum absolute atomic E-state index is 6.11. The number of nitrogens with zero attached hydrogens (tertiary/aromatic N) is 4. The third-order valence-electron chi connectivity index (χ3n) is 4.22. The molecule has 0 aliphatic carbocycles. The molecule has 2 bridgehead atoms. The van der Waals surface area contributed by atoms with Gasteiger partial charge in [0, 0.05) is 18.1 Å². The highest BCUT2D eigenvalue weighted by Gasteiger charge is 2.41. The summed E-state index contributed by atoms with van der Waals surface area (Å²) in [5, 5.41) is 0. The second-order valence-corrected chi connectivity index (χ2v) is 5.32. The van der Waals surface area contributed by atoms with Crippen molar-refractivity contribution in [2.45, 2.75) is 43.8 Å². The van der Waals surface area contributed by atoms with Crippen LogP contribution in [-0.2, 0) is 0 Å². The number of rotatable bonds is 1. The van der Waals surface area contributed by atoms with E-state index in [1.807, 2.05) is 0 Å². The number of anilines is 1. The molecule has 4 rings (SSSR count). The van der Waals surface area contributed by atoms with Crippen LogP contribution in [0.2, 0.25) is 0 Å². The van der Waals surface area contributed by atoms with Crippen molar-refractivity contribution < 1.29 is 0 Å². The van der Waals surface area contributed by atoms with Crippen LogP contribution in [0.15, 0.2) is 12.7 Å². The number of hydrogen-bond donors (Lipinski definition) is 2. The Hall–Kier alpha value is -1.69. The molecule has 94 valence electrons. The number of nitrogens with two attached hydrogens (primary N) is 1. The maximum atomic E-state index is 6.11. The quantitative estimate of drug-likeness (QED) is 0.775. The van der Waals surface area contributed by atoms with Gasteiger partial charge in [0.05, 0.1) is 6.33 Å². The van der Waals surface area contributed by atoms with Crippen LogP contribution >= 0.6 is 0 Å². The lowest BCUT2D eigenvalue weighted by Gasteiger charge is -2.38. The number of fused-ring (bicyclic) bond motifs is 3. The zero-order valence-electron chi connectivity index (χ0n) is 10.1. The Balaban J connectivity index is 1.81. The Kier molecular flexibility index (Phi) is 2.08. The molecule has 18 heavy (non-hydrogen) atoms. The number of H-pyrrole nitrogens is 1. The van der Waals surface area contributed by atoms with Crippen molar-refractivity contribution >= 4 is 17.0 Å². The van der Waals surface area contributed by atoms with Crippen LogP contribution < -0.4 is 10.6 Å². The highest BCUT2D eigenvalue weighted by Crippen LogP contribution is 2.39. The predicted molar refractivity (Wildman–Crippen MR) is 68.2 cm³/mol. The summed E-state index contributed by atoms with van der Waals surface area (Å²) in [4.78, 5) is 18.4. The van der Waals surface area contributed by atoms with Crippen LogP contribution in [0.3, 0.4) is 0 Å². The molecule has 6 heteroatoms. The molecule has 2 saturated heterocycles. The highest BCUT2D eigenvalue weighted by molar-refractivity contribution is 5.83. The summed E-state index contributed by atoms with van der Waals surface area (Å²) in [5.74, 6) is 0.997. The van der Waals surface area contributed by atoms with Crippen molar-refractivity contribution in [1.29, 1.82) is 0 Å². The fourth-order valence-corrected chi connectivity index (χ4v) is 3.51. The molecule has 2 aromatic rings. The molecule has 6 nitrogen and oxygen atoms in total. The summed E-state index contributed by atoms with van der Waals surface area (Å²) in [5.41, 5.74) is 7.80. The summed E-state index contributed by atoms with van der Waals surface area (Å²) in [7, 11) is 0. The molecule has 2 unspecified atom stereocenters. The lowest BCUT2D eigenvalue weighted by atomic mass is 9.98. The zero-order valence-corrected chi connectivity index (χ0v) is 10.1. The van der Waals surface area contributed by atoms with Gasteiger partial charge in [0.25, 0.3) is 0 Å². The van der Waals surface area contributed by atoms with Crippen molar-refractivity contribution in [3.05, 3.63) is 12.7 Å². The molecule has 0 radical (unpaired) electrons. The van der Waals surface area contributed by atoms with Crippen LogP contribution in [-0.4, -0.2) is 38.1 Å². The van der Waals surface area contributed by atoms with E-state index in [4.69, 9.17) is 5.73 Å². The SMILES string of the molecule is NC1CC2CCC(C1)N2c1ncnc2nc[nH]c12. The first-order valence-electron chi connectivity index (χ1n) is 6.51. The van der Waals surface area contributed by atoms with E-state index in [1.54, 1.807) is 12.7 Å². The standard InChI is InChI=1S/C12H16N6/c13-7-3-8-1-2-9(4-7)18(8)12-10-11(15-5-14-10)16-6-17-12/h5-9H,1-4,13H2,(H,14,15,16,17). The molecule has 3 N–H and O–H groups in total. The van der Waals surface area contributed by atoms with Crippen LogP contribution in [0.5, 0.6) is 0 Å². The van der Waals surface area contributed by atoms with Crippen molar-refractivity contribution in [2.75, 3.05) is 4.90 Å². The first-order valence-corrected chi connectivity index (χ1v) is 6.51. The summed E-state index contributed by atoms with van der Waals surface area (Å²) < 4.78 is 0. The molecule has 2 aliphatic heterocycles. The third-order valence-corrected chi connectivity index (χ3v) is 4.22. The number of imidazole rings is 1. The Morgan fingerprint density at radius 2 is 1.94 bits per heavy atom. The Labute approximate surface area is 105 Å². The van der Waals surface area contributed by atoms with E-state index in [1.165, 1.54) is 12.8 Å². The Morgan fingerprint density at radius 1 is 1.17 bits per heavy atom. The number of piperidine rings is 1. The second kappa shape index (κ2) is 3.65. The van der Waals surface area contributed by atoms with Crippen LogP contribution in [0.25, 0.3) is 11.2 Å². The van der Waals surface area contributed by atoms with Crippen molar-refractivity contribution in [3.8, 4) is 0 Å². The van der Waals surface area contributed by atoms with Gasteiger partial charge in [-0.3, -0.25) is 0 Å². The van der Waals surface area contributed by atoms with Crippen molar-refractivity contribution in [3.63, 3.8) is 0 Å². The number of aromatic amines is 1. The molecule has 0 spiro atoms. The average molecular weight is 244 g/mol. The van der Waals surface area contributed by atoms with E-state index in [9.17, 15) is 0 Å². The van der Waals surface area contributed by atoms with Crippen LogP contribution in [0.1, 0.15) is 25.7 Å². The minimum atomic E-state index is 0.345. The lowest BCUT2D eigenvalue weighted by molar-refractivity contribution is 0.412. The average Bonchev–Trinajstić information content (AvgIpc) is 2.92. The molecule has 2 aliphatic rings. The normalized spacial score (nSPS) is 31.2. The van der Waals surface area contributed by atoms with E-state index in [0.717, 1.165) is 29.8 Å². The monoisotopic (exact) mass is 244 g/mol. The van der Waals surface area contributed by atoms with Gasteiger partial charge in [-0.25, -0.2) is 15.0 Å². The van der Waals surface area contributed by atoms with Crippen molar-refractivity contribution in [2.24, 2.45) is 5.73 Å². The van der Waals surface area contributed by atoms with Crippen LogP contribution in [0, 0.1) is 0 Å². The van der Waals surface area contributed by atoms with E-state index in [-0.39, 0.29) is 0 Å². The second-order valence-electron chi connectivity index (χ2n) is 5.32. The van der Waals surface area contributed by atoms with E-state index >= 15 is 0 Å². The summed E-state index contributed by atoms with van der Waals surface area (Å²) in [6.45, 7) is 0. The molecule has 0 aromatic carbocycles. The highest BCUT2D eigenvalue weighted by atomic mass is 15.3. The number of nitrogens with one attached hydrogen (secondary N) is 1. The first-order chi connectivity index (χ1) is 8.83. The van der Waals surface area contributed by atoms with Crippen LogP contribution in [0.4, 0.5) is 5.82 Å². The predicted octanol–water partition coefficient (Wildman–Crippen LogP) is 0.811. The number of hydrogen-bond acceptors (Lipinski definition) is 5. The smallest absolute Gasteiger partial charge is 0.182 e. The Bertz CT molecular complexity index is 565. The molecule has 0 amide bonds. The van der Waals surface area contributed by atoms with Gasteiger partial charge in [0.2, 0.25) is 0 Å². The summed E-state index contributed by atoms with van der Waals surface area (Å²) in [6, 6.07) is 1.40. The van der Waals surface area contributed by atoms with E-state index < -0.39 is 0 Å². The van der Waals surface area contributed by atoms with E-state index in [0.29, 0.717) is 18.1 Å². The molecular formula is C12H16N6. The molecule has 2 aromatic heterocycles. The fourth-order valence-electron chi connectivity index (χ4n) is 3.51. The van der Waals surface area contributed by atoms with Gasteiger partial charge < -0.3 is 15.6 Å². The largest absolute Gasteiger partial charge is 0.349 e. The van der Waals surface area contributed by atoms with Gasteiger partial charge in [0.15, 0.2) is 11.5 Å². The summed E-state index contributed by atoms with van der Waals surface area (Å²) >= 11 is 0. The van der Waals surface area contributed by atoms with Gasteiger partial charge in [-0.15, -0.1) is 0 Å². The van der Waals surface area contributed by atoms with E-state index in [2.05, 4.69) is 24.8 Å². The minimum Gasteiger partial charge on any atom is -0.349 e. The molecule has 2 fully saturated rings. The first kappa shape index (κ1) is 10.3. The Morgan fingerprint density at radius 3 is 2.72 bits per heavy atom. The summed E-state index contributed by atoms with van der Waals surface area (Å²) in [6.07, 6.45) is 7.86. The van der Waals surface area contributed by atoms with Gasteiger partial charge in [-0.2, -0.15) is 0 Å². The lowest BCUT2D eigenvalue weighted by Crippen LogP contribution is -2.48. The number of aromatic nitrogens is 4. The molecule has 2 atom stereocenters. The van der Waals surface area contributed by atoms with Gasteiger partial charge >= 0.3 is 0 Å². The molecule has 4 heterocycles. The molecular weight excluding hydrogens is 228 g/mol. The fraction of sp³-hybridized carbons (Fsp3) is 0.583.